The van der Waals surface area contributed by atoms with Crippen molar-refractivity contribution in [2.45, 2.75) is 19.3 Å². The molecule has 1 aliphatic rings. The summed E-state index contributed by atoms with van der Waals surface area (Å²) < 4.78 is 1.51. The Labute approximate surface area is 144 Å². The van der Waals surface area contributed by atoms with Crippen LogP contribution in [0, 0.1) is 5.92 Å². The van der Waals surface area contributed by atoms with Crippen LogP contribution in [0.25, 0.3) is 0 Å². The maximum atomic E-state index is 11.9. The zero-order chi connectivity index (χ0) is 16.1. The topological polar surface area (TPSA) is 87.3 Å². The van der Waals surface area contributed by atoms with Crippen LogP contribution in [0.5, 0.6) is 0 Å². The number of hydrogen-bond acceptors (Lipinski definition) is 3. The van der Waals surface area contributed by atoms with Gasteiger partial charge in [-0.2, -0.15) is 0 Å². The van der Waals surface area contributed by atoms with Crippen LogP contribution in [0.2, 0.25) is 0 Å². The summed E-state index contributed by atoms with van der Waals surface area (Å²) in [4.78, 5) is 35.1. The second-order valence-corrected chi connectivity index (χ2v) is 6.84. The molecule has 1 fully saturated rings. The lowest BCUT2D eigenvalue weighted by atomic mass is 9.85. The molecular weight excluding hydrogens is 418 g/mol. The Hall–Kier alpha value is -1.41. The van der Waals surface area contributed by atoms with Gasteiger partial charge < -0.3 is 5.32 Å². The van der Waals surface area contributed by atoms with Gasteiger partial charge in [-0.15, -0.1) is 0 Å². The van der Waals surface area contributed by atoms with Gasteiger partial charge in [0.15, 0.2) is 0 Å². The van der Waals surface area contributed by atoms with Gasteiger partial charge in [0.2, 0.25) is 5.91 Å². The normalized spacial score (nSPS) is 13.9. The predicted molar refractivity (Wildman–Crippen MR) is 87.8 cm³/mol. The lowest BCUT2D eigenvalue weighted by molar-refractivity contribution is -0.132. The van der Waals surface area contributed by atoms with Gasteiger partial charge >= 0.3 is 0 Å². The molecule has 1 aromatic rings. The van der Waals surface area contributed by atoms with Crippen molar-refractivity contribution in [1.82, 2.24) is 16.2 Å². The number of carbonyl (C=O) groups is 3. The second kappa shape index (κ2) is 7.73. The van der Waals surface area contributed by atoms with Crippen LogP contribution < -0.4 is 16.2 Å². The molecule has 6 nitrogen and oxygen atoms in total. The predicted octanol–water partition coefficient (Wildman–Crippen LogP) is 1.89. The first kappa shape index (κ1) is 17.0. The molecule has 0 radical (unpaired) electrons. The molecule has 0 saturated heterocycles. The summed E-state index contributed by atoms with van der Waals surface area (Å²) in [6.07, 6.45) is 2.76. The van der Waals surface area contributed by atoms with Crippen LogP contribution in [0.3, 0.4) is 0 Å². The third kappa shape index (κ3) is 4.81. The number of hydrogen-bond donors (Lipinski definition) is 3. The average molecular weight is 433 g/mol. The summed E-state index contributed by atoms with van der Waals surface area (Å²) in [6, 6.07) is 5.10. The number of nitrogens with one attached hydrogen (secondary N) is 3. The fraction of sp³-hybridized carbons (Fsp3) is 0.357. The Balaban J connectivity index is 1.75. The molecule has 0 heterocycles. The Morgan fingerprint density at radius 3 is 2.23 bits per heavy atom. The molecule has 1 aliphatic carbocycles. The maximum Gasteiger partial charge on any atom is 0.257 e. The second-order valence-electron chi connectivity index (χ2n) is 5.01. The molecule has 8 heteroatoms. The Bertz CT molecular complexity index is 583. The molecule has 3 N–H and O–H groups in total. The lowest BCUT2D eigenvalue weighted by Gasteiger charge is -2.23. The minimum absolute atomic E-state index is 0.00564. The van der Waals surface area contributed by atoms with E-state index < -0.39 is 5.91 Å². The molecule has 0 spiro atoms. The molecule has 3 amide bonds. The summed E-state index contributed by atoms with van der Waals surface area (Å²) in [5, 5.41) is 2.49. The van der Waals surface area contributed by atoms with Crippen molar-refractivity contribution in [2.24, 2.45) is 5.92 Å². The van der Waals surface area contributed by atoms with Crippen molar-refractivity contribution >= 4 is 49.6 Å². The molecule has 0 unspecified atom stereocenters. The van der Waals surface area contributed by atoms with E-state index in [0.717, 1.165) is 28.2 Å². The summed E-state index contributed by atoms with van der Waals surface area (Å²) in [5.41, 5.74) is 5.07. The van der Waals surface area contributed by atoms with Gasteiger partial charge in [0.25, 0.3) is 11.8 Å². The number of carbonyl (C=O) groups excluding carboxylic acids is 3. The van der Waals surface area contributed by atoms with Gasteiger partial charge in [-0.25, -0.2) is 0 Å². The quantitative estimate of drug-likeness (QED) is 0.635. The Kier molecular flexibility index (Phi) is 5.96. The third-order valence-electron chi connectivity index (χ3n) is 3.34. The van der Waals surface area contributed by atoms with Crippen molar-refractivity contribution in [1.29, 1.82) is 0 Å². The standard InChI is InChI=1S/C14H15Br2N3O3/c15-10-4-9(5-11(16)6-10)13(21)17-7-12(20)18-19-14(22)8-2-1-3-8/h4-6,8H,1-3,7H2,(H,17,21)(H,18,20)(H,19,22). The molecule has 0 atom stereocenters. The van der Waals surface area contributed by atoms with Crippen LogP contribution in [0.4, 0.5) is 0 Å². The molecule has 0 aromatic heterocycles. The van der Waals surface area contributed by atoms with Crippen LogP contribution in [0.1, 0.15) is 29.6 Å². The van der Waals surface area contributed by atoms with E-state index in [1.807, 2.05) is 0 Å². The van der Waals surface area contributed by atoms with Crippen LogP contribution in [0.15, 0.2) is 27.1 Å². The summed E-state index contributed by atoms with van der Waals surface area (Å²) in [5.74, 6) is -1.03. The minimum atomic E-state index is -0.477. The molecule has 1 saturated carbocycles. The highest BCUT2D eigenvalue weighted by Gasteiger charge is 2.25. The Morgan fingerprint density at radius 1 is 1.05 bits per heavy atom. The van der Waals surface area contributed by atoms with Gasteiger partial charge in [-0.1, -0.05) is 38.3 Å². The fourth-order valence-corrected chi connectivity index (χ4v) is 3.19. The zero-order valence-electron chi connectivity index (χ0n) is 11.6. The SMILES string of the molecule is O=C(CNC(=O)c1cc(Br)cc(Br)c1)NNC(=O)C1CCC1. The highest BCUT2D eigenvalue weighted by atomic mass is 79.9. The molecule has 22 heavy (non-hydrogen) atoms. The van der Waals surface area contributed by atoms with Crippen LogP contribution in [-0.2, 0) is 9.59 Å². The minimum Gasteiger partial charge on any atom is -0.343 e. The number of amides is 3. The van der Waals surface area contributed by atoms with Gasteiger partial charge in [0.05, 0.1) is 6.54 Å². The van der Waals surface area contributed by atoms with Crippen molar-refractivity contribution in [3.63, 3.8) is 0 Å². The van der Waals surface area contributed by atoms with Crippen molar-refractivity contribution in [2.75, 3.05) is 6.54 Å². The van der Waals surface area contributed by atoms with Crippen molar-refractivity contribution in [3.8, 4) is 0 Å². The molecule has 118 valence electrons. The van der Waals surface area contributed by atoms with Gasteiger partial charge in [0, 0.05) is 20.4 Å². The highest BCUT2D eigenvalue weighted by Crippen LogP contribution is 2.25. The fourth-order valence-electron chi connectivity index (χ4n) is 1.90. The van der Waals surface area contributed by atoms with Crippen LogP contribution >= 0.6 is 31.9 Å². The van der Waals surface area contributed by atoms with Crippen molar-refractivity contribution < 1.29 is 14.4 Å². The Morgan fingerprint density at radius 2 is 1.68 bits per heavy atom. The summed E-state index contributed by atoms with van der Waals surface area (Å²) in [7, 11) is 0. The maximum absolute atomic E-state index is 11.9. The summed E-state index contributed by atoms with van der Waals surface area (Å²) in [6.45, 7) is -0.214. The molecule has 2 rings (SSSR count). The van der Waals surface area contributed by atoms with E-state index >= 15 is 0 Å². The van der Waals surface area contributed by atoms with E-state index in [4.69, 9.17) is 0 Å². The zero-order valence-corrected chi connectivity index (χ0v) is 14.8. The first-order chi connectivity index (χ1) is 10.5. The molecule has 1 aromatic carbocycles. The van der Waals surface area contributed by atoms with E-state index in [9.17, 15) is 14.4 Å². The number of halogens is 2. The van der Waals surface area contributed by atoms with Crippen molar-refractivity contribution in [3.05, 3.63) is 32.7 Å². The third-order valence-corrected chi connectivity index (χ3v) is 4.25. The highest BCUT2D eigenvalue weighted by molar-refractivity contribution is 9.11. The largest absolute Gasteiger partial charge is 0.343 e. The molecule has 0 aliphatic heterocycles. The number of rotatable bonds is 4. The van der Waals surface area contributed by atoms with E-state index in [1.165, 1.54) is 0 Å². The molecular formula is C14H15Br2N3O3. The van der Waals surface area contributed by atoms with E-state index in [-0.39, 0.29) is 24.3 Å². The average Bonchev–Trinajstić information content (AvgIpc) is 2.39. The summed E-state index contributed by atoms with van der Waals surface area (Å²) >= 11 is 6.58. The monoisotopic (exact) mass is 431 g/mol. The van der Waals surface area contributed by atoms with E-state index in [0.29, 0.717) is 5.56 Å². The van der Waals surface area contributed by atoms with E-state index in [1.54, 1.807) is 18.2 Å². The van der Waals surface area contributed by atoms with Crippen LogP contribution in [-0.4, -0.2) is 24.3 Å². The smallest absolute Gasteiger partial charge is 0.257 e. The first-order valence-corrected chi connectivity index (χ1v) is 8.37. The van der Waals surface area contributed by atoms with Gasteiger partial charge in [-0.3, -0.25) is 25.2 Å². The van der Waals surface area contributed by atoms with E-state index in [2.05, 4.69) is 48.0 Å². The van der Waals surface area contributed by atoms with Gasteiger partial charge in [-0.05, 0) is 31.0 Å². The number of hydrazine groups is 1. The van der Waals surface area contributed by atoms with Gasteiger partial charge in [0.1, 0.15) is 0 Å². The first-order valence-electron chi connectivity index (χ1n) is 6.78. The lowest BCUT2D eigenvalue weighted by Crippen LogP contribution is -2.49. The number of benzene rings is 1. The molecule has 0 bridgehead atoms.